The summed E-state index contributed by atoms with van der Waals surface area (Å²) >= 11 is 0. The summed E-state index contributed by atoms with van der Waals surface area (Å²) in [5.41, 5.74) is 1.90. The van der Waals surface area contributed by atoms with Crippen molar-refractivity contribution in [2.45, 2.75) is 0 Å². The van der Waals surface area contributed by atoms with E-state index in [4.69, 9.17) is 4.74 Å². The summed E-state index contributed by atoms with van der Waals surface area (Å²) in [6.07, 6.45) is 3.06. The van der Waals surface area contributed by atoms with Crippen LogP contribution in [0.3, 0.4) is 0 Å². The van der Waals surface area contributed by atoms with Crippen LogP contribution in [0.2, 0.25) is 0 Å². The van der Waals surface area contributed by atoms with Gasteiger partial charge in [0.1, 0.15) is 5.75 Å². The molecule has 0 saturated carbocycles. The van der Waals surface area contributed by atoms with E-state index in [0.29, 0.717) is 0 Å². The Morgan fingerprint density at radius 1 is 1.50 bits per heavy atom. The summed E-state index contributed by atoms with van der Waals surface area (Å²) in [7, 11) is 0. The van der Waals surface area contributed by atoms with E-state index in [1.807, 2.05) is 18.2 Å². The third-order valence-corrected chi connectivity index (χ3v) is 1.61. The molecule has 0 atom stereocenters. The minimum Gasteiger partial charge on any atom is -0.466 e. The van der Waals surface area contributed by atoms with Crippen LogP contribution in [-0.2, 0) is 0 Å². The molecule has 0 aliphatic carbocycles. The van der Waals surface area contributed by atoms with Crippen molar-refractivity contribution in [2.24, 2.45) is 0 Å². The summed E-state index contributed by atoms with van der Waals surface area (Å²) in [4.78, 5) is 7.08. The summed E-state index contributed by atoms with van der Waals surface area (Å²) in [6.45, 7) is 3.48. The first-order valence-electron chi connectivity index (χ1n) is 3.61. The van der Waals surface area contributed by atoms with E-state index in [-0.39, 0.29) is 0 Å². The fourth-order valence-corrected chi connectivity index (χ4v) is 1.08. The van der Waals surface area contributed by atoms with Gasteiger partial charge in [0.2, 0.25) is 0 Å². The molecule has 3 heteroatoms. The van der Waals surface area contributed by atoms with E-state index in [2.05, 4.69) is 16.5 Å². The average Bonchev–Trinajstić information content (AvgIpc) is 2.51. The highest BCUT2D eigenvalue weighted by Gasteiger charge is 1.96. The lowest BCUT2D eigenvalue weighted by molar-refractivity contribution is 0.484. The van der Waals surface area contributed by atoms with Crippen molar-refractivity contribution in [1.29, 1.82) is 0 Å². The van der Waals surface area contributed by atoms with Gasteiger partial charge < -0.3 is 9.72 Å². The van der Waals surface area contributed by atoms with Gasteiger partial charge in [-0.15, -0.1) is 0 Å². The Morgan fingerprint density at radius 2 is 2.42 bits per heavy atom. The number of imidazole rings is 1. The second-order valence-corrected chi connectivity index (χ2v) is 2.37. The van der Waals surface area contributed by atoms with Crippen LogP contribution in [0.25, 0.3) is 11.0 Å². The van der Waals surface area contributed by atoms with Gasteiger partial charge in [-0.1, -0.05) is 6.58 Å². The van der Waals surface area contributed by atoms with Crippen LogP contribution in [0.4, 0.5) is 0 Å². The van der Waals surface area contributed by atoms with Crippen molar-refractivity contribution in [3.05, 3.63) is 37.4 Å². The molecule has 0 unspecified atom stereocenters. The van der Waals surface area contributed by atoms with Gasteiger partial charge in [0.05, 0.1) is 23.6 Å². The minimum atomic E-state index is 0.766. The molecule has 12 heavy (non-hydrogen) atoms. The van der Waals surface area contributed by atoms with Gasteiger partial charge in [-0.25, -0.2) is 4.98 Å². The number of nitrogens with zero attached hydrogens (tertiary/aromatic N) is 1. The Balaban J connectivity index is 2.52. The van der Waals surface area contributed by atoms with Crippen LogP contribution in [0.15, 0.2) is 37.4 Å². The maximum absolute atomic E-state index is 5.10. The molecule has 0 amide bonds. The van der Waals surface area contributed by atoms with Crippen molar-refractivity contribution in [3.8, 4) is 5.75 Å². The number of nitrogens with one attached hydrogen (secondary N) is 1. The lowest BCUT2D eigenvalue weighted by Gasteiger charge is -1.97. The topological polar surface area (TPSA) is 37.9 Å². The maximum atomic E-state index is 5.10. The number of H-pyrrole nitrogens is 1. The highest BCUT2D eigenvalue weighted by atomic mass is 16.5. The molecule has 2 aromatic rings. The number of ether oxygens (including phenoxy) is 1. The molecule has 1 aromatic carbocycles. The molecule has 0 bridgehead atoms. The Kier molecular flexibility index (Phi) is 1.55. The molecule has 0 radical (unpaired) electrons. The number of fused-ring (bicyclic) bond motifs is 1. The van der Waals surface area contributed by atoms with Gasteiger partial charge in [0.15, 0.2) is 0 Å². The fourth-order valence-electron chi connectivity index (χ4n) is 1.08. The number of hydrogen-bond acceptors (Lipinski definition) is 2. The van der Waals surface area contributed by atoms with Gasteiger partial charge in [0, 0.05) is 6.07 Å². The van der Waals surface area contributed by atoms with Crippen molar-refractivity contribution in [2.75, 3.05) is 0 Å². The Bertz CT molecular complexity index is 406. The molecule has 1 heterocycles. The average molecular weight is 160 g/mol. The molecule has 0 fully saturated rings. The first-order chi connectivity index (χ1) is 5.90. The van der Waals surface area contributed by atoms with Crippen LogP contribution < -0.4 is 4.74 Å². The summed E-state index contributed by atoms with van der Waals surface area (Å²) < 4.78 is 5.10. The third-order valence-electron chi connectivity index (χ3n) is 1.61. The molecule has 2 rings (SSSR count). The summed E-state index contributed by atoms with van der Waals surface area (Å²) in [5, 5.41) is 0. The molecular formula is C9H8N2O. The van der Waals surface area contributed by atoms with E-state index in [1.54, 1.807) is 6.33 Å². The van der Waals surface area contributed by atoms with E-state index in [1.165, 1.54) is 6.26 Å². The standard InChI is InChI=1S/C9H8N2O/c1-2-12-7-3-4-8-9(5-7)11-6-10-8/h2-6H,1H2,(H,10,11). The van der Waals surface area contributed by atoms with E-state index in [9.17, 15) is 0 Å². The Labute approximate surface area is 69.7 Å². The number of hydrogen-bond donors (Lipinski definition) is 1. The van der Waals surface area contributed by atoms with Crippen LogP contribution in [0.5, 0.6) is 5.75 Å². The highest BCUT2D eigenvalue weighted by Crippen LogP contribution is 2.17. The number of rotatable bonds is 2. The van der Waals surface area contributed by atoms with Crippen molar-refractivity contribution >= 4 is 11.0 Å². The van der Waals surface area contributed by atoms with E-state index in [0.717, 1.165) is 16.8 Å². The molecule has 60 valence electrons. The Morgan fingerprint density at radius 3 is 3.25 bits per heavy atom. The van der Waals surface area contributed by atoms with Gasteiger partial charge in [-0.3, -0.25) is 0 Å². The molecule has 1 aromatic heterocycles. The summed E-state index contributed by atoms with van der Waals surface area (Å²) in [6, 6.07) is 5.62. The zero-order valence-electron chi connectivity index (χ0n) is 6.45. The van der Waals surface area contributed by atoms with Gasteiger partial charge in [-0.2, -0.15) is 0 Å². The zero-order valence-corrected chi connectivity index (χ0v) is 6.45. The van der Waals surface area contributed by atoms with Crippen LogP contribution >= 0.6 is 0 Å². The normalized spacial score (nSPS) is 10.0. The predicted octanol–water partition coefficient (Wildman–Crippen LogP) is 2.09. The monoisotopic (exact) mass is 160 g/mol. The second kappa shape index (κ2) is 2.70. The maximum Gasteiger partial charge on any atom is 0.128 e. The predicted molar refractivity (Wildman–Crippen MR) is 46.9 cm³/mol. The van der Waals surface area contributed by atoms with Gasteiger partial charge in [0.25, 0.3) is 0 Å². The molecule has 1 N–H and O–H groups in total. The van der Waals surface area contributed by atoms with Crippen molar-refractivity contribution in [1.82, 2.24) is 9.97 Å². The molecular weight excluding hydrogens is 152 g/mol. The molecule has 3 nitrogen and oxygen atoms in total. The van der Waals surface area contributed by atoms with Gasteiger partial charge in [-0.05, 0) is 12.1 Å². The molecule has 0 aliphatic heterocycles. The lowest BCUT2D eigenvalue weighted by Crippen LogP contribution is -1.79. The lowest BCUT2D eigenvalue weighted by atomic mass is 10.3. The first kappa shape index (κ1) is 6.91. The van der Waals surface area contributed by atoms with Gasteiger partial charge >= 0.3 is 0 Å². The fraction of sp³-hybridized carbons (Fsp3) is 0. The third kappa shape index (κ3) is 1.05. The van der Waals surface area contributed by atoms with Crippen molar-refractivity contribution < 1.29 is 4.74 Å². The minimum absolute atomic E-state index is 0.766. The van der Waals surface area contributed by atoms with E-state index < -0.39 is 0 Å². The second-order valence-electron chi connectivity index (χ2n) is 2.37. The SMILES string of the molecule is C=COc1ccc2nc[nH]c2c1. The number of aromatic nitrogens is 2. The van der Waals surface area contributed by atoms with Crippen LogP contribution in [-0.4, -0.2) is 9.97 Å². The number of benzene rings is 1. The quantitative estimate of drug-likeness (QED) is 0.683. The smallest absolute Gasteiger partial charge is 0.128 e. The van der Waals surface area contributed by atoms with E-state index >= 15 is 0 Å². The molecule has 0 aliphatic rings. The first-order valence-corrected chi connectivity index (χ1v) is 3.61. The number of aromatic amines is 1. The largest absolute Gasteiger partial charge is 0.466 e. The molecule has 0 spiro atoms. The zero-order chi connectivity index (χ0) is 8.39. The Hall–Kier alpha value is -1.77. The highest BCUT2D eigenvalue weighted by molar-refractivity contribution is 5.75. The van der Waals surface area contributed by atoms with Crippen molar-refractivity contribution in [3.63, 3.8) is 0 Å². The van der Waals surface area contributed by atoms with Crippen LogP contribution in [0.1, 0.15) is 0 Å². The molecule has 0 saturated heterocycles. The van der Waals surface area contributed by atoms with Crippen LogP contribution in [0, 0.1) is 0 Å². The summed E-state index contributed by atoms with van der Waals surface area (Å²) in [5.74, 6) is 0.766.